The molecule has 0 aromatic carbocycles. The van der Waals surface area contributed by atoms with Gasteiger partial charge in [0.2, 0.25) is 0 Å². The lowest BCUT2D eigenvalue weighted by Crippen LogP contribution is -2.00. The highest BCUT2D eigenvalue weighted by Crippen LogP contribution is 1.82. The van der Waals surface area contributed by atoms with Crippen molar-refractivity contribution in [1.29, 1.82) is 0 Å². The lowest BCUT2D eigenvalue weighted by molar-refractivity contribution is -0.137. The molecule has 0 spiro atoms. The second kappa shape index (κ2) is 8.23. The third-order valence-electron chi connectivity index (χ3n) is 0.956. The van der Waals surface area contributed by atoms with E-state index in [-0.39, 0.29) is 12.8 Å². The summed E-state index contributed by atoms with van der Waals surface area (Å²) in [6.07, 6.45) is 2.91. The van der Waals surface area contributed by atoms with Crippen molar-refractivity contribution in [3.63, 3.8) is 0 Å². The fourth-order valence-electron chi connectivity index (χ4n) is 0.534. The fourth-order valence-corrected chi connectivity index (χ4v) is 0.534. The van der Waals surface area contributed by atoms with E-state index < -0.39 is 0 Å². The molecule has 0 bridgehead atoms. The zero-order valence-electron chi connectivity index (χ0n) is 7.41. The number of hydrogen-bond acceptors (Lipinski definition) is 4. The van der Waals surface area contributed by atoms with Crippen molar-refractivity contribution < 1.29 is 19.0 Å². The average Bonchev–Trinajstić information content (AvgIpc) is 2.05. The Balaban J connectivity index is 3.29. The fraction of sp³-hybridized carbons (Fsp3) is 0.625. The Labute approximate surface area is 72.1 Å². The number of carbonyl (C=O) groups is 1. The van der Waals surface area contributed by atoms with Gasteiger partial charge in [-0.05, 0) is 6.92 Å². The Morgan fingerprint density at radius 3 is 2.83 bits per heavy atom. The van der Waals surface area contributed by atoms with E-state index in [1.54, 1.807) is 13.0 Å². The van der Waals surface area contributed by atoms with Gasteiger partial charge in [0.25, 0.3) is 0 Å². The molecule has 0 aromatic rings. The molecule has 0 heterocycles. The van der Waals surface area contributed by atoms with Gasteiger partial charge in [0.15, 0.2) is 0 Å². The van der Waals surface area contributed by atoms with Crippen LogP contribution in [-0.4, -0.2) is 33.1 Å². The minimum absolute atomic E-state index is 0.229. The van der Waals surface area contributed by atoms with Crippen molar-refractivity contribution in [1.82, 2.24) is 0 Å². The quantitative estimate of drug-likeness (QED) is 0.258. The van der Waals surface area contributed by atoms with Crippen molar-refractivity contribution >= 4 is 5.97 Å². The van der Waals surface area contributed by atoms with Gasteiger partial charge in [-0.3, -0.25) is 0 Å². The van der Waals surface area contributed by atoms with Crippen molar-refractivity contribution in [2.24, 2.45) is 0 Å². The van der Waals surface area contributed by atoms with Gasteiger partial charge in [0.05, 0.1) is 13.2 Å². The van der Waals surface area contributed by atoms with E-state index in [0.717, 1.165) is 0 Å². The first kappa shape index (κ1) is 11.1. The van der Waals surface area contributed by atoms with E-state index in [0.29, 0.717) is 13.2 Å². The summed E-state index contributed by atoms with van der Waals surface area (Å²) in [7, 11) is 1.54. The van der Waals surface area contributed by atoms with Crippen molar-refractivity contribution in [2.45, 2.75) is 6.92 Å². The van der Waals surface area contributed by atoms with Crippen LogP contribution in [0.4, 0.5) is 0 Å². The van der Waals surface area contributed by atoms with E-state index in [9.17, 15) is 4.79 Å². The molecule has 0 amide bonds. The summed E-state index contributed by atoms with van der Waals surface area (Å²) in [5.41, 5.74) is 0. The lowest BCUT2D eigenvalue weighted by atomic mass is 10.5. The van der Waals surface area contributed by atoms with E-state index >= 15 is 0 Å². The third kappa shape index (κ3) is 7.24. The third-order valence-corrected chi connectivity index (χ3v) is 0.956. The first-order valence-electron chi connectivity index (χ1n) is 3.71. The number of methoxy groups -OCH3 is 1. The highest BCUT2D eigenvalue weighted by atomic mass is 16.7. The highest BCUT2D eigenvalue weighted by Gasteiger charge is 1.91. The van der Waals surface area contributed by atoms with Crippen LogP contribution in [-0.2, 0) is 19.0 Å². The Morgan fingerprint density at radius 1 is 1.50 bits per heavy atom. The molecular formula is C8H14O4. The van der Waals surface area contributed by atoms with Gasteiger partial charge in [-0.2, -0.15) is 0 Å². The molecule has 0 saturated heterocycles. The maximum absolute atomic E-state index is 10.7. The molecule has 0 aliphatic rings. The molecule has 0 aromatic heterocycles. The van der Waals surface area contributed by atoms with Gasteiger partial charge in [0, 0.05) is 13.2 Å². The summed E-state index contributed by atoms with van der Waals surface area (Å²) in [6, 6.07) is 0. The summed E-state index contributed by atoms with van der Waals surface area (Å²) < 4.78 is 14.2. The van der Waals surface area contributed by atoms with Crippen LogP contribution in [0.25, 0.3) is 0 Å². The van der Waals surface area contributed by atoms with E-state index in [1.807, 2.05) is 0 Å². The van der Waals surface area contributed by atoms with Crippen molar-refractivity contribution in [3.8, 4) is 0 Å². The Kier molecular flexibility index (Phi) is 7.63. The largest absolute Gasteiger partial charge is 0.463 e. The molecule has 0 unspecified atom stereocenters. The van der Waals surface area contributed by atoms with Crippen LogP contribution < -0.4 is 0 Å². The van der Waals surface area contributed by atoms with Crippen LogP contribution in [0, 0.1) is 0 Å². The lowest BCUT2D eigenvalue weighted by Gasteiger charge is -1.97. The van der Waals surface area contributed by atoms with Gasteiger partial charge in [0.1, 0.15) is 6.79 Å². The number of carbonyl (C=O) groups excluding carboxylic acids is 1. The van der Waals surface area contributed by atoms with Gasteiger partial charge >= 0.3 is 5.97 Å². The minimum atomic E-state index is -0.349. The summed E-state index contributed by atoms with van der Waals surface area (Å²) in [6.45, 7) is 2.73. The average molecular weight is 174 g/mol. The first-order valence-corrected chi connectivity index (χ1v) is 3.71. The second-order valence-corrected chi connectivity index (χ2v) is 1.93. The normalized spacial score (nSPS) is 10.5. The molecular weight excluding hydrogens is 160 g/mol. The van der Waals surface area contributed by atoms with E-state index in [2.05, 4.69) is 9.47 Å². The maximum atomic E-state index is 10.7. The van der Waals surface area contributed by atoms with Crippen LogP contribution >= 0.6 is 0 Å². The number of ether oxygens (including phenoxy) is 3. The van der Waals surface area contributed by atoms with Gasteiger partial charge in [-0.15, -0.1) is 0 Å². The Hall–Kier alpha value is -0.870. The van der Waals surface area contributed by atoms with Crippen molar-refractivity contribution in [3.05, 3.63) is 12.2 Å². The molecule has 0 aliphatic carbocycles. The van der Waals surface area contributed by atoms with Gasteiger partial charge < -0.3 is 14.2 Å². The zero-order chi connectivity index (χ0) is 9.23. The van der Waals surface area contributed by atoms with E-state index in [4.69, 9.17) is 4.74 Å². The number of hydrogen-bond donors (Lipinski definition) is 0. The van der Waals surface area contributed by atoms with Crippen LogP contribution in [0.2, 0.25) is 0 Å². The van der Waals surface area contributed by atoms with Crippen LogP contribution in [0.1, 0.15) is 6.92 Å². The molecule has 12 heavy (non-hydrogen) atoms. The molecule has 70 valence electrons. The molecule has 0 aliphatic heterocycles. The predicted molar refractivity (Wildman–Crippen MR) is 43.6 cm³/mol. The van der Waals surface area contributed by atoms with Crippen LogP contribution in [0.3, 0.4) is 0 Å². The highest BCUT2D eigenvalue weighted by molar-refractivity contribution is 5.81. The van der Waals surface area contributed by atoms with Crippen LogP contribution in [0.5, 0.6) is 0 Å². The Bertz CT molecular complexity index is 142. The van der Waals surface area contributed by atoms with Crippen molar-refractivity contribution in [2.75, 3.05) is 27.1 Å². The molecule has 4 nitrogen and oxygen atoms in total. The van der Waals surface area contributed by atoms with Crippen LogP contribution in [0.15, 0.2) is 12.2 Å². The first-order chi connectivity index (χ1) is 5.81. The Morgan fingerprint density at radius 2 is 2.25 bits per heavy atom. The summed E-state index contributed by atoms with van der Waals surface area (Å²) >= 11 is 0. The monoisotopic (exact) mass is 174 g/mol. The molecule has 0 saturated carbocycles. The SMILES string of the molecule is CCOC(=O)/C=C/COCOC. The van der Waals surface area contributed by atoms with E-state index in [1.165, 1.54) is 13.2 Å². The molecule has 0 fully saturated rings. The van der Waals surface area contributed by atoms with Gasteiger partial charge in [-0.25, -0.2) is 4.79 Å². The summed E-state index contributed by atoms with van der Waals surface area (Å²) in [5, 5.41) is 0. The number of rotatable bonds is 6. The maximum Gasteiger partial charge on any atom is 0.330 e. The molecule has 0 rings (SSSR count). The summed E-state index contributed by atoms with van der Waals surface area (Å²) in [5.74, 6) is -0.349. The standard InChI is InChI=1S/C8H14O4/c1-3-12-8(9)5-4-6-11-7-10-2/h4-5H,3,6-7H2,1-2H3/b5-4+. The number of esters is 1. The smallest absolute Gasteiger partial charge is 0.330 e. The zero-order valence-corrected chi connectivity index (χ0v) is 7.41. The van der Waals surface area contributed by atoms with Gasteiger partial charge in [-0.1, -0.05) is 6.08 Å². The molecule has 0 radical (unpaired) electrons. The predicted octanol–water partition coefficient (Wildman–Crippen LogP) is 0.726. The minimum Gasteiger partial charge on any atom is -0.463 e. The second-order valence-electron chi connectivity index (χ2n) is 1.93. The molecule has 0 atom stereocenters. The molecule has 4 heteroatoms. The topological polar surface area (TPSA) is 44.8 Å². The summed E-state index contributed by atoms with van der Waals surface area (Å²) in [4.78, 5) is 10.7. The molecule has 0 N–H and O–H groups in total.